The van der Waals surface area contributed by atoms with Crippen LogP contribution in [-0.4, -0.2) is 35.6 Å². The lowest BCUT2D eigenvalue weighted by Gasteiger charge is -2.29. The molecule has 0 saturated heterocycles. The Hall–Kier alpha value is -2.97. The molecule has 0 heterocycles. The molecule has 140 valence electrons. The second-order valence-corrected chi connectivity index (χ2v) is 6.24. The van der Waals surface area contributed by atoms with Gasteiger partial charge in [-0.2, -0.15) is 0 Å². The van der Waals surface area contributed by atoms with Crippen LogP contribution in [0.15, 0.2) is 29.4 Å². The number of benzene rings is 1. The number of amides is 2. The zero-order valence-corrected chi connectivity index (χ0v) is 14.5. The molecule has 2 amide bonds. The molecule has 1 aromatic rings. The highest BCUT2D eigenvalue weighted by molar-refractivity contribution is 6.31. The molecule has 2 rings (SSSR count). The van der Waals surface area contributed by atoms with Gasteiger partial charge in [0.2, 0.25) is 0 Å². The van der Waals surface area contributed by atoms with Gasteiger partial charge in [0.05, 0.1) is 4.92 Å². The van der Waals surface area contributed by atoms with E-state index >= 15 is 0 Å². The summed E-state index contributed by atoms with van der Waals surface area (Å²) >= 11 is 0. The fourth-order valence-corrected chi connectivity index (χ4v) is 2.83. The second kappa shape index (κ2) is 9.50. The summed E-state index contributed by atoms with van der Waals surface area (Å²) < 4.78 is 0. The molecule has 2 N–H and O–H groups in total. The summed E-state index contributed by atoms with van der Waals surface area (Å²) in [6.07, 6.45) is 5.22. The number of nitro groups is 1. The Kier molecular flexibility index (Phi) is 7.07. The predicted octanol–water partition coefficient (Wildman–Crippen LogP) is 2.23. The minimum Gasteiger partial charge on any atom is -0.386 e. The van der Waals surface area contributed by atoms with Crippen molar-refractivity contribution in [3.05, 3.63) is 34.4 Å². The van der Waals surface area contributed by atoms with Crippen molar-refractivity contribution in [2.75, 3.05) is 11.9 Å². The SMILES string of the molecule is C[C@H]1CCCC[C@@H]1NC(=O)CO/N=C\C(=O)Nc1cccc([N+](=O)[O-])c1. The van der Waals surface area contributed by atoms with Gasteiger partial charge in [0.15, 0.2) is 6.61 Å². The van der Waals surface area contributed by atoms with E-state index in [9.17, 15) is 19.7 Å². The molecular formula is C17H22N4O5. The molecule has 0 aromatic heterocycles. The number of carbonyl (C=O) groups is 2. The Bertz CT molecular complexity index is 691. The van der Waals surface area contributed by atoms with Crippen molar-refractivity contribution in [3.63, 3.8) is 0 Å². The first-order chi connectivity index (χ1) is 12.5. The largest absolute Gasteiger partial charge is 0.386 e. The fourth-order valence-electron chi connectivity index (χ4n) is 2.83. The third-order valence-electron chi connectivity index (χ3n) is 4.22. The first-order valence-electron chi connectivity index (χ1n) is 8.46. The Balaban J connectivity index is 1.72. The van der Waals surface area contributed by atoms with Crippen molar-refractivity contribution < 1.29 is 19.3 Å². The Labute approximate surface area is 150 Å². The first kappa shape index (κ1) is 19.4. The van der Waals surface area contributed by atoms with Crippen LogP contribution in [-0.2, 0) is 14.4 Å². The molecule has 1 fully saturated rings. The monoisotopic (exact) mass is 362 g/mol. The smallest absolute Gasteiger partial charge is 0.271 e. The molecule has 0 aliphatic heterocycles. The van der Waals surface area contributed by atoms with E-state index in [1.807, 2.05) is 0 Å². The average Bonchev–Trinajstić information content (AvgIpc) is 2.61. The summed E-state index contributed by atoms with van der Waals surface area (Å²) in [6, 6.07) is 5.67. The molecule has 0 spiro atoms. The molecular weight excluding hydrogens is 340 g/mol. The summed E-state index contributed by atoms with van der Waals surface area (Å²) in [5, 5.41) is 19.5. The van der Waals surface area contributed by atoms with Crippen LogP contribution in [0.25, 0.3) is 0 Å². The van der Waals surface area contributed by atoms with E-state index in [0.29, 0.717) is 5.92 Å². The van der Waals surface area contributed by atoms with E-state index in [1.165, 1.54) is 30.7 Å². The molecule has 0 bridgehead atoms. The lowest BCUT2D eigenvalue weighted by Crippen LogP contribution is -2.42. The average molecular weight is 362 g/mol. The van der Waals surface area contributed by atoms with Crippen LogP contribution in [0, 0.1) is 16.0 Å². The molecule has 1 saturated carbocycles. The lowest BCUT2D eigenvalue weighted by atomic mass is 9.86. The van der Waals surface area contributed by atoms with Crippen molar-refractivity contribution in [3.8, 4) is 0 Å². The predicted molar refractivity (Wildman–Crippen MR) is 95.7 cm³/mol. The van der Waals surface area contributed by atoms with Gasteiger partial charge in [-0.15, -0.1) is 0 Å². The van der Waals surface area contributed by atoms with Gasteiger partial charge in [0.25, 0.3) is 17.5 Å². The van der Waals surface area contributed by atoms with Crippen LogP contribution in [0.1, 0.15) is 32.6 Å². The van der Waals surface area contributed by atoms with Gasteiger partial charge in [-0.25, -0.2) is 0 Å². The molecule has 26 heavy (non-hydrogen) atoms. The summed E-state index contributed by atoms with van der Waals surface area (Å²) in [4.78, 5) is 38.5. The fraction of sp³-hybridized carbons (Fsp3) is 0.471. The third kappa shape index (κ3) is 6.15. The molecule has 0 unspecified atom stereocenters. The topological polar surface area (TPSA) is 123 Å². The number of rotatable bonds is 7. The maximum Gasteiger partial charge on any atom is 0.271 e. The second-order valence-electron chi connectivity index (χ2n) is 6.24. The van der Waals surface area contributed by atoms with Crippen LogP contribution in [0.3, 0.4) is 0 Å². The van der Waals surface area contributed by atoms with Gasteiger partial charge in [0, 0.05) is 23.9 Å². The molecule has 1 aliphatic rings. The zero-order valence-electron chi connectivity index (χ0n) is 14.5. The number of nitrogens with one attached hydrogen (secondary N) is 2. The summed E-state index contributed by atoms with van der Waals surface area (Å²) in [6.45, 7) is 1.84. The molecule has 1 aromatic carbocycles. The van der Waals surface area contributed by atoms with E-state index in [-0.39, 0.29) is 29.9 Å². The number of nitrogens with zero attached hydrogens (tertiary/aromatic N) is 2. The van der Waals surface area contributed by atoms with Crippen molar-refractivity contribution in [1.29, 1.82) is 0 Å². The van der Waals surface area contributed by atoms with E-state index in [1.54, 1.807) is 0 Å². The number of oxime groups is 1. The maximum absolute atomic E-state index is 11.8. The first-order valence-corrected chi connectivity index (χ1v) is 8.46. The quantitative estimate of drug-likeness (QED) is 0.437. The van der Waals surface area contributed by atoms with Gasteiger partial charge < -0.3 is 15.5 Å². The Morgan fingerprint density at radius 3 is 2.88 bits per heavy atom. The van der Waals surface area contributed by atoms with Gasteiger partial charge in [0.1, 0.15) is 6.21 Å². The van der Waals surface area contributed by atoms with Gasteiger partial charge in [-0.1, -0.05) is 31.0 Å². The van der Waals surface area contributed by atoms with E-state index in [4.69, 9.17) is 4.84 Å². The highest BCUT2D eigenvalue weighted by atomic mass is 16.6. The summed E-state index contributed by atoms with van der Waals surface area (Å²) in [5.41, 5.74) is 0.129. The molecule has 0 radical (unpaired) electrons. The molecule has 9 nitrogen and oxygen atoms in total. The van der Waals surface area contributed by atoms with Crippen LogP contribution in [0.2, 0.25) is 0 Å². The Morgan fingerprint density at radius 1 is 1.38 bits per heavy atom. The van der Waals surface area contributed by atoms with Crippen molar-refractivity contribution in [2.24, 2.45) is 11.1 Å². The van der Waals surface area contributed by atoms with Crippen LogP contribution in [0.4, 0.5) is 11.4 Å². The van der Waals surface area contributed by atoms with Crippen LogP contribution < -0.4 is 10.6 Å². The summed E-state index contributed by atoms with van der Waals surface area (Å²) in [7, 11) is 0. The Morgan fingerprint density at radius 2 is 2.15 bits per heavy atom. The van der Waals surface area contributed by atoms with Crippen molar-refractivity contribution in [2.45, 2.75) is 38.6 Å². The highest BCUT2D eigenvalue weighted by Gasteiger charge is 2.22. The van der Waals surface area contributed by atoms with Crippen molar-refractivity contribution >= 4 is 29.4 Å². The number of carbonyl (C=O) groups excluding carboxylic acids is 2. The molecule has 1 aliphatic carbocycles. The number of nitro benzene ring substituents is 1. The highest BCUT2D eigenvalue weighted by Crippen LogP contribution is 2.23. The van der Waals surface area contributed by atoms with Crippen LogP contribution in [0.5, 0.6) is 0 Å². The lowest BCUT2D eigenvalue weighted by molar-refractivity contribution is -0.384. The van der Waals surface area contributed by atoms with E-state index in [2.05, 4.69) is 22.7 Å². The van der Waals surface area contributed by atoms with E-state index < -0.39 is 10.8 Å². The maximum atomic E-state index is 11.8. The van der Waals surface area contributed by atoms with Crippen molar-refractivity contribution in [1.82, 2.24) is 5.32 Å². The molecule has 9 heteroatoms. The van der Waals surface area contributed by atoms with Crippen LogP contribution >= 0.6 is 0 Å². The van der Waals surface area contributed by atoms with Gasteiger partial charge >= 0.3 is 0 Å². The number of hydrogen-bond acceptors (Lipinski definition) is 6. The number of non-ortho nitro benzene ring substituents is 1. The minimum atomic E-state index is -0.619. The third-order valence-corrected chi connectivity index (χ3v) is 4.22. The number of hydrogen-bond donors (Lipinski definition) is 2. The minimum absolute atomic E-state index is 0.135. The van der Waals surface area contributed by atoms with Gasteiger partial charge in [-0.3, -0.25) is 19.7 Å². The number of anilines is 1. The zero-order chi connectivity index (χ0) is 18.9. The van der Waals surface area contributed by atoms with E-state index in [0.717, 1.165) is 25.5 Å². The summed E-state index contributed by atoms with van der Waals surface area (Å²) in [5.74, 6) is -0.455. The standard InChI is InChI=1S/C17H22N4O5/c1-12-5-2-3-8-15(12)20-17(23)11-26-18-10-16(22)19-13-6-4-7-14(9-13)21(24)25/h4,6-7,9-10,12,15H,2-3,5,8,11H2,1H3,(H,19,22)(H,20,23)/b18-10-/t12-,15-/m0/s1. The molecule has 2 atom stereocenters. The van der Waals surface area contributed by atoms with Gasteiger partial charge in [-0.05, 0) is 24.8 Å². The normalized spacial score (nSPS) is 19.7.